The Labute approximate surface area is 132 Å². The van der Waals surface area contributed by atoms with Crippen LogP contribution in [-0.2, 0) is 11.3 Å². The summed E-state index contributed by atoms with van der Waals surface area (Å²) in [5.74, 6) is 0.392. The van der Waals surface area contributed by atoms with Crippen molar-refractivity contribution >= 4 is 17.5 Å². The maximum Gasteiger partial charge on any atom is 0.223 e. The van der Waals surface area contributed by atoms with E-state index in [-0.39, 0.29) is 17.9 Å². The molecule has 0 aromatic heterocycles. The van der Waals surface area contributed by atoms with Gasteiger partial charge in [0.25, 0.3) is 0 Å². The van der Waals surface area contributed by atoms with E-state index < -0.39 is 0 Å². The number of benzene rings is 1. The predicted molar refractivity (Wildman–Crippen MR) is 87.3 cm³/mol. The molecule has 0 radical (unpaired) electrons. The molecule has 3 nitrogen and oxygen atoms in total. The van der Waals surface area contributed by atoms with E-state index >= 15 is 0 Å². The molecule has 1 amide bonds. The van der Waals surface area contributed by atoms with Gasteiger partial charge in [-0.25, -0.2) is 0 Å². The van der Waals surface area contributed by atoms with Gasteiger partial charge in [-0.3, -0.25) is 9.69 Å². The van der Waals surface area contributed by atoms with Gasteiger partial charge in [0, 0.05) is 23.5 Å². The van der Waals surface area contributed by atoms with Crippen molar-refractivity contribution in [2.75, 3.05) is 13.1 Å². The van der Waals surface area contributed by atoms with E-state index in [0.29, 0.717) is 0 Å². The van der Waals surface area contributed by atoms with E-state index in [4.69, 9.17) is 11.6 Å². The van der Waals surface area contributed by atoms with Crippen molar-refractivity contribution < 1.29 is 4.79 Å². The summed E-state index contributed by atoms with van der Waals surface area (Å²) in [7, 11) is 0. The van der Waals surface area contributed by atoms with Crippen LogP contribution in [0.4, 0.5) is 0 Å². The third-order valence-electron chi connectivity index (χ3n) is 4.31. The molecule has 1 aromatic rings. The summed E-state index contributed by atoms with van der Waals surface area (Å²) >= 11 is 6.21. The molecule has 1 atom stereocenters. The summed E-state index contributed by atoms with van der Waals surface area (Å²) in [6, 6.07) is 8.26. The van der Waals surface area contributed by atoms with Crippen LogP contribution >= 0.6 is 11.6 Å². The Bertz CT molecular complexity index is 470. The average Bonchev–Trinajstić information content (AvgIpc) is 2.50. The van der Waals surface area contributed by atoms with Crippen LogP contribution in [-0.4, -0.2) is 29.9 Å². The van der Waals surface area contributed by atoms with Crippen LogP contribution in [0.5, 0.6) is 0 Å². The summed E-state index contributed by atoms with van der Waals surface area (Å²) < 4.78 is 0. The van der Waals surface area contributed by atoms with E-state index in [1.807, 2.05) is 18.2 Å². The lowest BCUT2D eigenvalue weighted by atomic mass is 9.95. The lowest BCUT2D eigenvalue weighted by Gasteiger charge is -2.32. The number of piperidine rings is 1. The van der Waals surface area contributed by atoms with Gasteiger partial charge in [-0.05, 0) is 50.9 Å². The molecule has 1 heterocycles. The van der Waals surface area contributed by atoms with Crippen LogP contribution in [0.25, 0.3) is 0 Å². The average molecular weight is 309 g/mol. The van der Waals surface area contributed by atoms with E-state index in [9.17, 15) is 4.79 Å². The highest BCUT2D eigenvalue weighted by Crippen LogP contribution is 2.22. The summed E-state index contributed by atoms with van der Waals surface area (Å²) in [6.07, 6.45) is 2.86. The second-order valence-corrected chi connectivity index (χ2v) is 6.37. The molecule has 1 aliphatic rings. The minimum atomic E-state index is 0.168. The molecule has 21 heavy (non-hydrogen) atoms. The number of nitrogens with zero attached hydrogens (tertiary/aromatic N) is 1. The number of hydrogen-bond donors (Lipinski definition) is 1. The fraction of sp³-hybridized carbons (Fsp3) is 0.588. The molecule has 1 N–H and O–H groups in total. The van der Waals surface area contributed by atoms with Crippen LogP contribution in [0.3, 0.4) is 0 Å². The number of halogens is 1. The molecule has 4 heteroatoms. The van der Waals surface area contributed by atoms with Crippen LogP contribution in [0, 0.1) is 5.92 Å². The Hall–Kier alpha value is -1.06. The Morgan fingerprint density at radius 1 is 1.38 bits per heavy atom. The number of rotatable bonds is 5. The van der Waals surface area contributed by atoms with Gasteiger partial charge in [0.05, 0.1) is 0 Å². The quantitative estimate of drug-likeness (QED) is 0.903. The summed E-state index contributed by atoms with van der Waals surface area (Å²) in [5, 5.41) is 3.92. The largest absolute Gasteiger partial charge is 0.353 e. The molecule has 0 bridgehead atoms. The number of hydrogen-bond acceptors (Lipinski definition) is 2. The minimum Gasteiger partial charge on any atom is -0.353 e. The molecular weight excluding hydrogens is 284 g/mol. The third-order valence-corrected chi connectivity index (χ3v) is 4.68. The zero-order valence-corrected chi connectivity index (χ0v) is 13.7. The van der Waals surface area contributed by atoms with Gasteiger partial charge in [0.1, 0.15) is 0 Å². The number of amides is 1. The van der Waals surface area contributed by atoms with Crippen LogP contribution in [0.2, 0.25) is 5.02 Å². The molecular formula is C17H25ClN2O. The normalized spacial score (nSPS) is 18.4. The van der Waals surface area contributed by atoms with Gasteiger partial charge in [-0.2, -0.15) is 0 Å². The van der Waals surface area contributed by atoms with Gasteiger partial charge in [0.2, 0.25) is 5.91 Å². The molecule has 2 rings (SSSR count). The molecule has 1 aromatic carbocycles. The molecule has 1 fully saturated rings. The fourth-order valence-electron chi connectivity index (χ4n) is 2.68. The first-order chi connectivity index (χ1) is 10.1. The fourth-order valence-corrected chi connectivity index (χ4v) is 2.88. The van der Waals surface area contributed by atoms with Crippen molar-refractivity contribution in [2.24, 2.45) is 5.92 Å². The Morgan fingerprint density at radius 2 is 2.05 bits per heavy atom. The van der Waals surface area contributed by atoms with Crippen molar-refractivity contribution in [1.29, 1.82) is 0 Å². The smallest absolute Gasteiger partial charge is 0.223 e. The van der Waals surface area contributed by atoms with Crippen molar-refractivity contribution in [2.45, 2.75) is 45.7 Å². The molecule has 116 valence electrons. The number of likely N-dealkylation sites (tertiary alicyclic amines) is 1. The second-order valence-electron chi connectivity index (χ2n) is 5.96. The van der Waals surface area contributed by atoms with E-state index in [0.717, 1.165) is 43.9 Å². The predicted octanol–water partition coefficient (Wildman–Crippen LogP) is 3.47. The monoisotopic (exact) mass is 308 g/mol. The second kappa shape index (κ2) is 7.81. The van der Waals surface area contributed by atoms with Crippen molar-refractivity contribution in [3.63, 3.8) is 0 Å². The molecule has 1 saturated heterocycles. The topological polar surface area (TPSA) is 32.3 Å². The van der Waals surface area contributed by atoms with Gasteiger partial charge in [-0.15, -0.1) is 0 Å². The van der Waals surface area contributed by atoms with Gasteiger partial charge in [-0.1, -0.05) is 36.7 Å². The van der Waals surface area contributed by atoms with Gasteiger partial charge in [0.15, 0.2) is 0 Å². The highest BCUT2D eigenvalue weighted by Gasteiger charge is 2.25. The first-order valence-electron chi connectivity index (χ1n) is 7.86. The molecule has 0 saturated carbocycles. The number of carbonyl (C=O) groups excluding carboxylic acids is 1. The van der Waals surface area contributed by atoms with Gasteiger partial charge >= 0.3 is 0 Å². The SMILES string of the molecule is CC[C@H](C)NC(=O)C1CCN(Cc2ccccc2Cl)CC1. The number of carbonyl (C=O) groups is 1. The minimum absolute atomic E-state index is 0.168. The standard InChI is InChI=1S/C17H25ClN2O/c1-3-13(2)19-17(21)14-8-10-20(11-9-14)12-15-6-4-5-7-16(15)18/h4-7,13-14H,3,8-12H2,1-2H3,(H,19,21)/t13-/m0/s1. The maximum atomic E-state index is 12.1. The van der Waals surface area contributed by atoms with E-state index in [1.54, 1.807) is 0 Å². The molecule has 1 aliphatic heterocycles. The van der Waals surface area contributed by atoms with Crippen LogP contribution in [0.15, 0.2) is 24.3 Å². The lowest BCUT2D eigenvalue weighted by Crippen LogP contribution is -2.42. The summed E-state index contributed by atoms with van der Waals surface area (Å²) in [6.45, 7) is 6.95. The third kappa shape index (κ3) is 4.72. The molecule has 0 spiro atoms. The first-order valence-corrected chi connectivity index (χ1v) is 8.24. The highest BCUT2D eigenvalue weighted by atomic mass is 35.5. The lowest BCUT2D eigenvalue weighted by molar-refractivity contribution is -0.127. The molecule has 0 aliphatic carbocycles. The Kier molecular flexibility index (Phi) is 6.07. The van der Waals surface area contributed by atoms with Crippen molar-refractivity contribution in [3.8, 4) is 0 Å². The van der Waals surface area contributed by atoms with Crippen molar-refractivity contribution in [1.82, 2.24) is 10.2 Å². The van der Waals surface area contributed by atoms with Gasteiger partial charge < -0.3 is 5.32 Å². The van der Waals surface area contributed by atoms with E-state index in [1.165, 1.54) is 5.56 Å². The molecule has 0 unspecified atom stereocenters. The summed E-state index contributed by atoms with van der Waals surface area (Å²) in [4.78, 5) is 14.5. The Morgan fingerprint density at radius 3 is 2.67 bits per heavy atom. The Balaban J connectivity index is 1.81. The highest BCUT2D eigenvalue weighted by molar-refractivity contribution is 6.31. The van der Waals surface area contributed by atoms with Crippen LogP contribution in [0.1, 0.15) is 38.7 Å². The first kappa shape index (κ1) is 16.3. The van der Waals surface area contributed by atoms with Crippen LogP contribution < -0.4 is 5.32 Å². The zero-order valence-electron chi connectivity index (χ0n) is 12.9. The van der Waals surface area contributed by atoms with Crippen molar-refractivity contribution in [3.05, 3.63) is 34.9 Å². The zero-order chi connectivity index (χ0) is 15.2. The number of nitrogens with one attached hydrogen (secondary N) is 1. The van der Waals surface area contributed by atoms with E-state index in [2.05, 4.69) is 30.1 Å². The maximum absolute atomic E-state index is 12.1. The summed E-state index contributed by atoms with van der Waals surface area (Å²) in [5.41, 5.74) is 1.17.